The van der Waals surface area contributed by atoms with Crippen molar-refractivity contribution in [2.75, 3.05) is 13.1 Å². The van der Waals surface area contributed by atoms with Crippen LogP contribution in [0.5, 0.6) is 0 Å². The van der Waals surface area contributed by atoms with Crippen molar-refractivity contribution >= 4 is 17.8 Å². The molecule has 6 heteroatoms. The van der Waals surface area contributed by atoms with Gasteiger partial charge in [0.1, 0.15) is 12.1 Å². The lowest BCUT2D eigenvalue weighted by atomic mass is 9.98. The summed E-state index contributed by atoms with van der Waals surface area (Å²) in [5, 5.41) is 5.57. The molecule has 4 amide bonds. The standard InChI is InChI=1S/C18H23N3O3/c22-15(19-12-6-9-14-7-2-1-3-8-14)13-21-16(23)18(20-17(21)24)10-4-5-11-18/h1-3,7-8H,4-6,9-13H2,(H,19,22)(H,20,24). The first kappa shape index (κ1) is 16.5. The second-order valence-electron chi connectivity index (χ2n) is 6.55. The molecule has 0 unspecified atom stereocenters. The predicted molar refractivity (Wildman–Crippen MR) is 89.2 cm³/mol. The highest BCUT2D eigenvalue weighted by Gasteiger charge is 2.52. The van der Waals surface area contributed by atoms with E-state index in [9.17, 15) is 14.4 Å². The fourth-order valence-electron chi connectivity index (χ4n) is 3.50. The predicted octanol–water partition coefficient (Wildman–Crippen LogP) is 1.60. The van der Waals surface area contributed by atoms with Crippen LogP contribution in [-0.2, 0) is 16.0 Å². The highest BCUT2D eigenvalue weighted by Crippen LogP contribution is 2.34. The third-order valence-electron chi connectivity index (χ3n) is 4.81. The molecule has 3 rings (SSSR count). The van der Waals surface area contributed by atoms with Crippen LogP contribution in [0.2, 0.25) is 0 Å². The van der Waals surface area contributed by atoms with Crippen LogP contribution in [-0.4, -0.2) is 41.4 Å². The van der Waals surface area contributed by atoms with Gasteiger partial charge in [-0.2, -0.15) is 0 Å². The molecule has 1 saturated carbocycles. The fourth-order valence-corrected chi connectivity index (χ4v) is 3.50. The summed E-state index contributed by atoms with van der Waals surface area (Å²) in [7, 11) is 0. The van der Waals surface area contributed by atoms with E-state index in [-0.39, 0.29) is 18.4 Å². The zero-order chi connectivity index (χ0) is 17.0. The van der Waals surface area contributed by atoms with Gasteiger partial charge in [-0.15, -0.1) is 0 Å². The summed E-state index contributed by atoms with van der Waals surface area (Å²) >= 11 is 0. The van der Waals surface area contributed by atoms with Crippen molar-refractivity contribution in [1.82, 2.24) is 15.5 Å². The first-order valence-corrected chi connectivity index (χ1v) is 8.55. The number of hydrogen-bond acceptors (Lipinski definition) is 3. The van der Waals surface area contributed by atoms with E-state index in [0.717, 1.165) is 30.6 Å². The number of imide groups is 1. The Morgan fingerprint density at radius 2 is 1.88 bits per heavy atom. The number of urea groups is 1. The van der Waals surface area contributed by atoms with Crippen LogP contribution in [0.1, 0.15) is 37.7 Å². The molecule has 0 bridgehead atoms. The van der Waals surface area contributed by atoms with E-state index in [1.165, 1.54) is 5.56 Å². The molecule has 6 nitrogen and oxygen atoms in total. The third-order valence-corrected chi connectivity index (χ3v) is 4.81. The van der Waals surface area contributed by atoms with Gasteiger partial charge in [0.05, 0.1) is 0 Å². The van der Waals surface area contributed by atoms with Crippen molar-refractivity contribution in [2.24, 2.45) is 0 Å². The summed E-state index contributed by atoms with van der Waals surface area (Å²) in [5.74, 6) is -0.536. The van der Waals surface area contributed by atoms with E-state index in [1.807, 2.05) is 18.2 Å². The van der Waals surface area contributed by atoms with Crippen molar-refractivity contribution in [3.63, 3.8) is 0 Å². The van der Waals surface area contributed by atoms with Crippen LogP contribution < -0.4 is 10.6 Å². The molecule has 0 radical (unpaired) electrons. The molecule has 1 aliphatic carbocycles. The molecule has 2 fully saturated rings. The lowest BCUT2D eigenvalue weighted by Gasteiger charge is -2.19. The Kier molecular flexibility index (Phi) is 4.83. The number of amides is 4. The topological polar surface area (TPSA) is 78.5 Å². The Balaban J connectivity index is 1.43. The minimum atomic E-state index is -0.745. The molecule has 1 aliphatic heterocycles. The third kappa shape index (κ3) is 3.42. The summed E-state index contributed by atoms with van der Waals surface area (Å²) in [4.78, 5) is 37.5. The quantitative estimate of drug-likeness (QED) is 0.615. The number of aryl methyl sites for hydroxylation is 1. The summed E-state index contributed by atoms with van der Waals surface area (Å²) in [6.07, 6.45) is 4.92. The maximum atomic E-state index is 12.5. The molecule has 24 heavy (non-hydrogen) atoms. The van der Waals surface area contributed by atoms with Gasteiger partial charge >= 0.3 is 6.03 Å². The lowest BCUT2D eigenvalue weighted by molar-refractivity contribution is -0.134. The van der Waals surface area contributed by atoms with Gasteiger partial charge in [-0.1, -0.05) is 43.2 Å². The minimum absolute atomic E-state index is 0.197. The second kappa shape index (κ2) is 7.03. The maximum absolute atomic E-state index is 12.5. The van der Waals surface area contributed by atoms with Gasteiger partial charge in [-0.25, -0.2) is 4.79 Å². The molecule has 2 aliphatic rings. The summed E-state index contributed by atoms with van der Waals surface area (Å²) in [5.41, 5.74) is 0.481. The monoisotopic (exact) mass is 329 g/mol. The van der Waals surface area contributed by atoms with E-state index in [4.69, 9.17) is 0 Å². The molecule has 1 heterocycles. The lowest BCUT2D eigenvalue weighted by Crippen LogP contribution is -2.45. The zero-order valence-corrected chi connectivity index (χ0v) is 13.7. The molecular weight excluding hydrogens is 306 g/mol. The van der Waals surface area contributed by atoms with Crippen LogP contribution in [0.3, 0.4) is 0 Å². The van der Waals surface area contributed by atoms with Crippen LogP contribution in [0.15, 0.2) is 30.3 Å². The van der Waals surface area contributed by atoms with E-state index >= 15 is 0 Å². The smallest absolute Gasteiger partial charge is 0.325 e. The summed E-state index contributed by atoms with van der Waals surface area (Å²) < 4.78 is 0. The first-order chi connectivity index (χ1) is 11.6. The zero-order valence-electron chi connectivity index (χ0n) is 13.7. The number of nitrogens with zero attached hydrogens (tertiary/aromatic N) is 1. The maximum Gasteiger partial charge on any atom is 0.325 e. The van der Waals surface area contributed by atoms with Crippen molar-refractivity contribution in [1.29, 1.82) is 0 Å². The Morgan fingerprint density at radius 3 is 2.58 bits per heavy atom. The highest BCUT2D eigenvalue weighted by molar-refractivity contribution is 6.09. The Morgan fingerprint density at radius 1 is 1.17 bits per heavy atom. The molecule has 1 aromatic carbocycles. The van der Waals surface area contributed by atoms with E-state index in [1.54, 1.807) is 0 Å². The van der Waals surface area contributed by atoms with Crippen molar-refractivity contribution < 1.29 is 14.4 Å². The molecular formula is C18H23N3O3. The van der Waals surface area contributed by atoms with E-state index < -0.39 is 11.6 Å². The van der Waals surface area contributed by atoms with Gasteiger partial charge < -0.3 is 10.6 Å². The Labute approximate surface area is 141 Å². The van der Waals surface area contributed by atoms with Gasteiger partial charge in [-0.3, -0.25) is 14.5 Å². The number of carbonyl (C=O) groups is 3. The highest BCUT2D eigenvalue weighted by atomic mass is 16.2. The number of carbonyl (C=O) groups excluding carboxylic acids is 3. The Hall–Kier alpha value is -2.37. The molecule has 1 spiro atoms. The molecule has 2 N–H and O–H groups in total. The van der Waals surface area contributed by atoms with Crippen molar-refractivity contribution in [3.8, 4) is 0 Å². The first-order valence-electron chi connectivity index (χ1n) is 8.55. The van der Waals surface area contributed by atoms with Crippen LogP contribution in [0.25, 0.3) is 0 Å². The van der Waals surface area contributed by atoms with E-state index in [2.05, 4.69) is 22.8 Å². The molecule has 1 saturated heterocycles. The largest absolute Gasteiger partial charge is 0.355 e. The Bertz CT molecular complexity index is 624. The molecule has 0 aromatic heterocycles. The van der Waals surface area contributed by atoms with Crippen LogP contribution in [0, 0.1) is 0 Å². The second-order valence-corrected chi connectivity index (χ2v) is 6.55. The average molecular weight is 329 g/mol. The summed E-state index contributed by atoms with van der Waals surface area (Å²) in [6, 6.07) is 9.61. The van der Waals surface area contributed by atoms with E-state index in [0.29, 0.717) is 19.4 Å². The number of hydrogen-bond donors (Lipinski definition) is 2. The normalized spacial score (nSPS) is 18.9. The minimum Gasteiger partial charge on any atom is -0.355 e. The van der Waals surface area contributed by atoms with Gasteiger partial charge in [0.25, 0.3) is 5.91 Å². The average Bonchev–Trinajstić information content (AvgIpc) is 3.14. The van der Waals surface area contributed by atoms with Crippen LogP contribution >= 0.6 is 0 Å². The SMILES string of the molecule is O=C(CN1C(=O)NC2(CCCC2)C1=O)NCCCc1ccccc1. The van der Waals surface area contributed by atoms with Crippen LogP contribution in [0.4, 0.5) is 4.79 Å². The van der Waals surface area contributed by atoms with Gasteiger partial charge in [0.2, 0.25) is 5.91 Å². The molecule has 0 atom stereocenters. The van der Waals surface area contributed by atoms with Gasteiger partial charge in [0.15, 0.2) is 0 Å². The molecule has 1 aromatic rings. The van der Waals surface area contributed by atoms with Gasteiger partial charge in [-0.05, 0) is 31.2 Å². The number of rotatable bonds is 6. The summed E-state index contributed by atoms with van der Waals surface area (Å²) in [6.45, 7) is 0.334. The van der Waals surface area contributed by atoms with Crippen molar-refractivity contribution in [3.05, 3.63) is 35.9 Å². The number of nitrogens with one attached hydrogen (secondary N) is 2. The van der Waals surface area contributed by atoms with Gasteiger partial charge in [0, 0.05) is 6.54 Å². The number of benzene rings is 1. The fraction of sp³-hybridized carbons (Fsp3) is 0.500. The van der Waals surface area contributed by atoms with Crippen molar-refractivity contribution in [2.45, 2.75) is 44.1 Å². The molecule has 128 valence electrons.